The minimum atomic E-state index is 0.195. The smallest absolute Gasteiger partial charge is 0.221 e. The Morgan fingerprint density at radius 2 is 1.89 bits per heavy atom. The van der Waals surface area contributed by atoms with Crippen LogP contribution in [0.15, 0.2) is 35.4 Å². The lowest BCUT2D eigenvalue weighted by Crippen LogP contribution is -2.03. The quantitative estimate of drug-likeness (QED) is 0.685. The van der Waals surface area contributed by atoms with E-state index in [0.29, 0.717) is 21.5 Å². The Labute approximate surface area is 116 Å². The molecule has 1 heterocycles. The van der Waals surface area contributed by atoms with Gasteiger partial charge in [0.2, 0.25) is 5.95 Å². The fourth-order valence-corrected chi connectivity index (χ4v) is 2.52. The monoisotopic (exact) mass is 270 g/mol. The third-order valence-electron chi connectivity index (χ3n) is 2.40. The van der Waals surface area contributed by atoms with E-state index in [0.717, 1.165) is 5.56 Å². The first-order valence-electron chi connectivity index (χ1n) is 5.91. The molecule has 0 spiro atoms. The van der Waals surface area contributed by atoms with Gasteiger partial charge < -0.3 is 5.73 Å². The normalized spacial score (nSPS) is 10.4. The average molecular weight is 270 g/mol. The zero-order valence-electron chi connectivity index (χ0n) is 10.8. The van der Waals surface area contributed by atoms with E-state index in [1.165, 1.54) is 11.8 Å². The molecule has 0 fully saturated rings. The maximum Gasteiger partial charge on any atom is 0.221 e. The third kappa shape index (κ3) is 3.04. The van der Waals surface area contributed by atoms with Crippen LogP contribution in [0.4, 0.5) is 5.95 Å². The van der Waals surface area contributed by atoms with E-state index in [2.05, 4.69) is 16.0 Å². The summed E-state index contributed by atoms with van der Waals surface area (Å²) in [5, 5.41) is 10.3. The van der Waals surface area contributed by atoms with Crippen LogP contribution >= 0.6 is 11.8 Å². The van der Waals surface area contributed by atoms with Crippen molar-refractivity contribution >= 4 is 17.7 Å². The van der Waals surface area contributed by atoms with E-state index in [-0.39, 0.29) is 5.95 Å². The molecule has 0 aliphatic rings. The van der Waals surface area contributed by atoms with Gasteiger partial charge in [0.15, 0.2) is 0 Å². The van der Waals surface area contributed by atoms with Crippen molar-refractivity contribution < 1.29 is 0 Å². The first-order chi connectivity index (χ1) is 9.11. The summed E-state index contributed by atoms with van der Waals surface area (Å²) < 4.78 is 0. The molecule has 0 amide bonds. The lowest BCUT2D eigenvalue weighted by atomic mass is 10.1. The molecule has 0 saturated heterocycles. The summed E-state index contributed by atoms with van der Waals surface area (Å²) in [6.45, 7) is 4.10. The maximum absolute atomic E-state index is 9.38. The van der Waals surface area contributed by atoms with Gasteiger partial charge >= 0.3 is 0 Å². The number of thioether (sulfide) groups is 1. The second-order valence-electron chi connectivity index (χ2n) is 4.25. The van der Waals surface area contributed by atoms with Gasteiger partial charge in [-0.1, -0.05) is 44.2 Å². The van der Waals surface area contributed by atoms with Gasteiger partial charge in [0.05, 0.1) is 5.69 Å². The van der Waals surface area contributed by atoms with Crippen LogP contribution in [0.1, 0.15) is 19.4 Å². The summed E-state index contributed by atoms with van der Waals surface area (Å²) in [4.78, 5) is 8.39. The number of nitrogens with two attached hydrogens (primary N) is 1. The standard InChI is InChI=1S/C14H14N4S/c1-9(2)19-13-11(8-15)12(17-14(16)18-13)10-6-4-3-5-7-10/h3-7,9H,1-2H3,(H2,16,17,18). The van der Waals surface area contributed by atoms with Crippen LogP contribution in [-0.2, 0) is 0 Å². The second-order valence-corrected chi connectivity index (χ2v) is 5.82. The predicted molar refractivity (Wildman–Crippen MR) is 77.6 cm³/mol. The number of nitrogens with zero attached hydrogens (tertiary/aromatic N) is 3. The Morgan fingerprint density at radius 1 is 1.21 bits per heavy atom. The van der Waals surface area contributed by atoms with Gasteiger partial charge in [0.1, 0.15) is 16.7 Å². The molecule has 96 valence electrons. The van der Waals surface area contributed by atoms with Crippen LogP contribution in [0.25, 0.3) is 11.3 Å². The Kier molecular flexibility index (Phi) is 4.03. The summed E-state index contributed by atoms with van der Waals surface area (Å²) in [7, 11) is 0. The number of nitrogen functional groups attached to an aromatic ring is 1. The summed E-state index contributed by atoms with van der Waals surface area (Å²) >= 11 is 1.52. The molecule has 0 bridgehead atoms. The van der Waals surface area contributed by atoms with E-state index in [9.17, 15) is 5.26 Å². The summed E-state index contributed by atoms with van der Waals surface area (Å²) in [6.07, 6.45) is 0. The molecule has 5 heteroatoms. The van der Waals surface area contributed by atoms with E-state index in [1.807, 2.05) is 44.2 Å². The maximum atomic E-state index is 9.38. The molecule has 2 rings (SSSR count). The molecule has 1 aromatic heterocycles. The van der Waals surface area contributed by atoms with Crippen LogP contribution in [0.3, 0.4) is 0 Å². The number of hydrogen-bond acceptors (Lipinski definition) is 5. The second kappa shape index (κ2) is 5.72. The van der Waals surface area contributed by atoms with E-state index < -0.39 is 0 Å². The Balaban J connectivity index is 2.61. The molecule has 4 nitrogen and oxygen atoms in total. The highest BCUT2D eigenvalue weighted by Gasteiger charge is 2.16. The molecule has 2 aromatic rings. The summed E-state index contributed by atoms with van der Waals surface area (Å²) in [5.41, 5.74) is 7.71. The van der Waals surface area contributed by atoms with E-state index in [1.54, 1.807) is 0 Å². The van der Waals surface area contributed by atoms with Crippen LogP contribution in [0.2, 0.25) is 0 Å². The fourth-order valence-electron chi connectivity index (χ4n) is 1.67. The molecular weight excluding hydrogens is 256 g/mol. The molecule has 0 atom stereocenters. The number of rotatable bonds is 3. The zero-order valence-corrected chi connectivity index (χ0v) is 11.6. The summed E-state index contributed by atoms with van der Waals surface area (Å²) in [6, 6.07) is 11.7. The molecular formula is C14H14N4S. The number of aromatic nitrogens is 2. The third-order valence-corrected chi connectivity index (χ3v) is 3.39. The van der Waals surface area contributed by atoms with Crippen LogP contribution < -0.4 is 5.73 Å². The lowest BCUT2D eigenvalue weighted by molar-refractivity contribution is 1.03. The Hall–Kier alpha value is -2.06. The number of hydrogen-bond donors (Lipinski definition) is 1. The number of nitriles is 1. The van der Waals surface area contributed by atoms with Gasteiger partial charge in [-0.05, 0) is 0 Å². The molecule has 0 aliphatic heterocycles. The topological polar surface area (TPSA) is 75.6 Å². The number of benzene rings is 1. The van der Waals surface area contributed by atoms with Crippen molar-refractivity contribution in [2.75, 3.05) is 5.73 Å². The molecule has 2 N–H and O–H groups in total. The highest BCUT2D eigenvalue weighted by Crippen LogP contribution is 2.31. The zero-order chi connectivity index (χ0) is 13.8. The van der Waals surface area contributed by atoms with Crippen molar-refractivity contribution in [2.24, 2.45) is 0 Å². The highest BCUT2D eigenvalue weighted by molar-refractivity contribution is 7.99. The molecule has 0 aliphatic carbocycles. The van der Waals surface area contributed by atoms with Gasteiger partial charge in [0.25, 0.3) is 0 Å². The van der Waals surface area contributed by atoms with Gasteiger partial charge in [-0.15, -0.1) is 11.8 Å². The van der Waals surface area contributed by atoms with Crippen LogP contribution in [0, 0.1) is 11.3 Å². The van der Waals surface area contributed by atoms with Crippen molar-refractivity contribution in [3.63, 3.8) is 0 Å². The van der Waals surface area contributed by atoms with Gasteiger partial charge in [0, 0.05) is 10.8 Å². The van der Waals surface area contributed by atoms with Crippen molar-refractivity contribution in [2.45, 2.75) is 24.1 Å². The van der Waals surface area contributed by atoms with Crippen LogP contribution in [0.5, 0.6) is 0 Å². The van der Waals surface area contributed by atoms with E-state index in [4.69, 9.17) is 5.73 Å². The highest BCUT2D eigenvalue weighted by atomic mass is 32.2. The first-order valence-corrected chi connectivity index (χ1v) is 6.79. The SMILES string of the molecule is CC(C)Sc1nc(N)nc(-c2ccccc2)c1C#N. The Morgan fingerprint density at radius 3 is 2.47 bits per heavy atom. The molecule has 0 radical (unpaired) electrons. The first kappa shape index (κ1) is 13.4. The average Bonchev–Trinajstić information content (AvgIpc) is 2.38. The summed E-state index contributed by atoms with van der Waals surface area (Å²) in [5.74, 6) is 0.195. The van der Waals surface area contributed by atoms with Gasteiger partial charge in [-0.2, -0.15) is 5.26 Å². The molecule has 0 saturated carbocycles. The van der Waals surface area contributed by atoms with Crippen molar-refractivity contribution in [3.05, 3.63) is 35.9 Å². The predicted octanol–water partition coefficient (Wildman–Crippen LogP) is 3.10. The van der Waals surface area contributed by atoms with Gasteiger partial charge in [-0.3, -0.25) is 0 Å². The Bertz CT molecular complexity index is 617. The van der Waals surface area contributed by atoms with Gasteiger partial charge in [-0.25, -0.2) is 9.97 Å². The molecule has 1 aromatic carbocycles. The molecule has 0 unspecified atom stereocenters. The van der Waals surface area contributed by atoms with Crippen molar-refractivity contribution in [3.8, 4) is 17.3 Å². The van der Waals surface area contributed by atoms with Crippen LogP contribution in [-0.4, -0.2) is 15.2 Å². The van der Waals surface area contributed by atoms with E-state index >= 15 is 0 Å². The van der Waals surface area contributed by atoms with Crippen molar-refractivity contribution in [1.82, 2.24) is 9.97 Å². The van der Waals surface area contributed by atoms with Crippen molar-refractivity contribution in [1.29, 1.82) is 5.26 Å². The minimum Gasteiger partial charge on any atom is -0.368 e. The largest absolute Gasteiger partial charge is 0.368 e. The number of anilines is 1. The fraction of sp³-hybridized carbons (Fsp3) is 0.214. The molecule has 19 heavy (non-hydrogen) atoms. The minimum absolute atomic E-state index is 0.195. The lowest BCUT2D eigenvalue weighted by Gasteiger charge is -2.10.